The van der Waals surface area contributed by atoms with Crippen LogP contribution in [0.5, 0.6) is 0 Å². The first-order valence-corrected chi connectivity index (χ1v) is 6.55. The predicted molar refractivity (Wildman–Crippen MR) is 72.1 cm³/mol. The monoisotopic (exact) mass is 275 g/mol. The fourth-order valence-electron chi connectivity index (χ4n) is 1.72. The maximum Gasteiger partial charge on any atom is 0.204 e. The lowest BCUT2D eigenvalue weighted by Crippen LogP contribution is -1.92. The van der Waals surface area contributed by atoms with Crippen molar-refractivity contribution in [1.82, 2.24) is 20.4 Å². The molecule has 0 fully saturated rings. The van der Waals surface area contributed by atoms with Gasteiger partial charge < -0.3 is 5.73 Å². The molecule has 0 aliphatic carbocycles. The van der Waals surface area contributed by atoms with Crippen LogP contribution >= 0.6 is 11.8 Å². The third-order valence-corrected chi connectivity index (χ3v) is 3.66. The molecule has 0 amide bonds. The number of thioether (sulfide) groups is 1. The van der Waals surface area contributed by atoms with Crippen LogP contribution in [-0.4, -0.2) is 20.4 Å². The van der Waals surface area contributed by atoms with Crippen molar-refractivity contribution in [2.45, 2.75) is 10.6 Å². The van der Waals surface area contributed by atoms with Crippen molar-refractivity contribution in [1.29, 1.82) is 0 Å². The number of nitrogens with two attached hydrogens (primary N) is 1. The van der Waals surface area contributed by atoms with Crippen LogP contribution in [0.3, 0.4) is 0 Å². The standard InChI is InChI=1S/C12H10FN5S/c13-8-3-1-2-7(4-8)6-19-9-5-10(14)15-12-11(9)16-18-17-12/h1-5H,6H2,(H3,14,15,16,17,18). The maximum absolute atomic E-state index is 13.1. The smallest absolute Gasteiger partial charge is 0.204 e. The number of rotatable bonds is 3. The van der Waals surface area contributed by atoms with E-state index in [4.69, 9.17) is 5.73 Å². The van der Waals surface area contributed by atoms with Gasteiger partial charge in [0.25, 0.3) is 0 Å². The first-order valence-electron chi connectivity index (χ1n) is 5.56. The molecule has 0 saturated carbocycles. The van der Waals surface area contributed by atoms with Crippen LogP contribution < -0.4 is 5.73 Å². The number of hydrogen-bond acceptors (Lipinski definition) is 5. The van der Waals surface area contributed by atoms with Gasteiger partial charge in [0.1, 0.15) is 17.2 Å². The fourth-order valence-corrected chi connectivity index (χ4v) is 2.70. The second kappa shape index (κ2) is 4.85. The summed E-state index contributed by atoms with van der Waals surface area (Å²) in [5, 5.41) is 10.5. The van der Waals surface area contributed by atoms with Gasteiger partial charge in [-0.05, 0) is 23.8 Å². The van der Waals surface area contributed by atoms with Gasteiger partial charge in [0.2, 0.25) is 5.65 Å². The van der Waals surface area contributed by atoms with Crippen LogP contribution in [-0.2, 0) is 5.75 Å². The summed E-state index contributed by atoms with van der Waals surface area (Å²) in [6.07, 6.45) is 0. The number of nitrogen functional groups attached to an aromatic ring is 1. The van der Waals surface area contributed by atoms with Gasteiger partial charge in [0.05, 0.1) is 0 Å². The normalized spacial score (nSPS) is 11.0. The molecule has 0 unspecified atom stereocenters. The zero-order valence-corrected chi connectivity index (χ0v) is 10.6. The molecule has 0 saturated heterocycles. The highest BCUT2D eigenvalue weighted by Crippen LogP contribution is 2.29. The van der Waals surface area contributed by atoms with E-state index in [2.05, 4.69) is 20.4 Å². The van der Waals surface area contributed by atoms with Gasteiger partial charge in [0.15, 0.2) is 0 Å². The Morgan fingerprint density at radius 2 is 2.16 bits per heavy atom. The average molecular weight is 275 g/mol. The Balaban J connectivity index is 1.87. The van der Waals surface area contributed by atoms with Crippen molar-refractivity contribution >= 4 is 28.7 Å². The van der Waals surface area contributed by atoms with Gasteiger partial charge in [-0.3, -0.25) is 0 Å². The molecule has 7 heteroatoms. The molecule has 19 heavy (non-hydrogen) atoms. The van der Waals surface area contributed by atoms with E-state index in [1.807, 2.05) is 6.07 Å². The highest BCUT2D eigenvalue weighted by Gasteiger charge is 2.09. The molecule has 3 N–H and O–H groups in total. The van der Waals surface area contributed by atoms with Crippen LogP contribution in [0, 0.1) is 5.82 Å². The SMILES string of the molecule is Nc1cc(SCc2cccc(F)c2)c2n[nH]nc2n1. The third-order valence-electron chi connectivity index (χ3n) is 2.56. The van der Waals surface area contributed by atoms with Crippen molar-refractivity contribution in [3.05, 3.63) is 41.7 Å². The second-order valence-electron chi connectivity index (χ2n) is 3.96. The van der Waals surface area contributed by atoms with Crippen LogP contribution in [0.25, 0.3) is 11.2 Å². The number of nitrogens with one attached hydrogen (secondary N) is 1. The largest absolute Gasteiger partial charge is 0.384 e. The fraction of sp³-hybridized carbons (Fsp3) is 0.0833. The number of hydrogen-bond donors (Lipinski definition) is 2. The molecular formula is C12H10FN5S. The Morgan fingerprint density at radius 3 is 3.00 bits per heavy atom. The Hall–Kier alpha value is -2.15. The molecular weight excluding hydrogens is 265 g/mol. The molecule has 3 rings (SSSR count). The number of aromatic nitrogens is 4. The quantitative estimate of drug-likeness (QED) is 0.717. The van der Waals surface area contributed by atoms with Gasteiger partial charge in [-0.25, -0.2) is 9.37 Å². The van der Waals surface area contributed by atoms with Gasteiger partial charge in [-0.15, -0.1) is 16.9 Å². The average Bonchev–Trinajstić information content (AvgIpc) is 2.84. The lowest BCUT2D eigenvalue weighted by Gasteiger charge is -2.03. The third kappa shape index (κ3) is 2.50. The van der Waals surface area contributed by atoms with Crippen LogP contribution in [0.15, 0.2) is 35.2 Å². The Morgan fingerprint density at radius 1 is 1.26 bits per heavy atom. The number of pyridine rings is 1. The lowest BCUT2D eigenvalue weighted by atomic mass is 10.2. The van der Waals surface area contributed by atoms with E-state index < -0.39 is 0 Å². The highest BCUT2D eigenvalue weighted by molar-refractivity contribution is 7.98. The minimum absolute atomic E-state index is 0.237. The molecule has 0 spiro atoms. The molecule has 1 aromatic carbocycles. The summed E-state index contributed by atoms with van der Waals surface area (Å²) in [4.78, 5) is 4.94. The summed E-state index contributed by atoms with van der Waals surface area (Å²) in [6, 6.07) is 8.25. The van der Waals surface area contributed by atoms with Gasteiger partial charge in [-0.2, -0.15) is 10.3 Å². The number of nitrogens with zero attached hydrogens (tertiary/aromatic N) is 3. The van der Waals surface area contributed by atoms with E-state index in [0.29, 0.717) is 22.7 Å². The number of benzene rings is 1. The topological polar surface area (TPSA) is 80.5 Å². The number of fused-ring (bicyclic) bond motifs is 1. The second-order valence-corrected chi connectivity index (χ2v) is 4.98. The van der Waals surface area contributed by atoms with E-state index in [1.165, 1.54) is 23.9 Å². The molecule has 0 aliphatic heterocycles. The zero-order valence-electron chi connectivity index (χ0n) is 9.80. The van der Waals surface area contributed by atoms with E-state index >= 15 is 0 Å². The minimum Gasteiger partial charge on any atom is -0.384 e. The van der Waals surface area contributed by atoms with Crippen LogP contribution in [0.1, 0.15) is 5.56 Å². The first-order chi connectivity index (χ1) is 9.22. The summed E-state index contributed by atoms with van der Waals surface area (Å²) in [7, 11) is 0. The number of anilines is 1. The van der Waals surface area contributed by atoms with Gasteiger partial charge in [0, 0.05) is 10.6 Å². The summed E-state index contributed by atoms with van der Waals surface area (Å²) in [5.74, 6) is 0.783. The number of aromatic amines is 1. The predicted octanol–water partition coefficient (Wildman–Crippen LogP) is 2.37. The molecule has 0 radical (unpaired) electrons. The van der Waals surface area contributed by atoms with Gasteiger partial charge >= 0.3 is 0 Å². The van der Waals surface area contributed by atoms with Gasteiger partial charge in [-0.1, -0.05) is 12.1 Å². The summed E-state index contributed by atoms with van der Waals surface area (Å²) in [5.41, 5.74) is 7.78. The Kier molecular flexibility index (Phi) is 3.04. The van der Waals surface area contributed by atoms with E-state index in [0.717, 1.165) is 10.5 Å². The Bertz CT molecular complexity index is 727. The molecule has 5 nitrogen and oxygen atoms in total. The lowest BCUT2D eigenvalue weighted by molar-refractivity contribution is 0.626. The van der Waals surface area contributed by atoms with E-state index in [1.54, 1.807) is 12.1 Å². The summed E-state index contributed by atoms with van der Waals surface area (Å²) >= 11 is 1.52. The molecule has 2 heterocycles. The van der Waals surface area contributed by atoms with E-state index in [-0.39, 0.29) is 5.82 Å². The minimum atomic E-state index is -0.237. The Labute approximate surface area is 112 Å². The zero-order chi connectivity index (χ0) is 13.2. The summed E-state index contributed by atoms with van der Waals surface area (Å²) < 4.78 is 13.1. The van der Waals surface area contributed by atoms with Crippen molar-refractivity contribution in [2.75, 3.05) is 5.73 Å². The first kappa shape index (κ1) is 11.9. The van der Waals surface area contributed by atoms with Crippen molar-refractivity contribution in [3.63, 3.8) is 0 Å². The molecule has 0 atom stereocenters. The molecule has 96 valence electrons. The van der Waals surface area contributed by atoms with Crippen molar-refractivity contribution in [3.8, 4) is 0 Å². The van der Waals surface area contributed by atoms with Crippen molar-refractivity contribution in [2.24, 2.45) is 0 Å². The molecule has 3 aromatic rings. The van der Waals surface area contributed by atoms with E-state index in [9.17, 15) is 4.39 Å². The number of halogens is 1. The van der Waals surface area contributed by atoms with Crippen molar-refractivity contribution < 1.29 is 4.39 Å². The molecule has 2 aromatic heterocycles. The number of H-pyrrole nitrogens is 1. The molecule has 0 aliphatic rings. The van der Waals surface area contributed by atoms with Crippen LogP contribution in [0.4, 0.5) is 10.2 Å². The summed E-state index contributed by atoms with van der Waals surface area (Å²) in [6.45, 7) is 0. The van der Waals surface area contributed by atoms with Crippen LogP contribution in [0.2, 0.25) is 0 Å². The maximum atomic E-state index is 13.1. The molecule has 0 bridgehead atoms. The highest BCUT2D eigenvalue weighted by atomic mass is 32.2.